The number of amides is 3. The van der Waals surface area contributed by atoms with Crippen molar-refractivity contribution in [2.45, 2.75) is 26.3 Å². The highest BCUT2D eigenvalue weighted by atomic mass is 16.3. The minimum absolute atomic E-state index is 0.0379. The molecule has 8 heteroatoms. The highest BCUT2D eigenvalue weighted by Crippen LogP contribution is 2.32. The van der Waals surface area contributed by atoms with E-state index in [2.05, 4.69) is 10.6 Å². The lowest BCUT2D eigenvalue weighted by molar-refractivity contribution is -0.137. The van der Waals surface area contributed by atoms with Crippen LogP contribution in [0.5, 0.6) is 5.75 Å². The van der Waals surface area contributed by atoms with Crippen LogP contribution in [0.2, 0.25) is 0 Å². The van der Waals surface area contributed by atoms with Gasteiger partial charge in [0.2, 0.25) is 0 Å². The van der Waals surface area contributed by atoms with Crippen molar-refractivity contribution in [2.24, 2.45) is 0 Å². The summed E-state index contributed by atoms with van der Waals surface area (Å²) in [7, 11) is 3.17. The number of carbonyl (C=O) groups excluding carboxylic acids is 3. The van der Waals surface area contributed by atoms with Crippen molar-refractivity contribution in [1.29, 1.82) is 0 Å². The molecule has 0 aromatic heterocycles. The number of likely N-dealkylation sites (N-methyl/N-ethyl adjacent to an activating group) is 1. The maximum Gasteiger partial charge on any atom is 0.279 e. The molecule has 0 radical (unpaired) electrons. The number of nitrogens with one attached hydrogen (secondary N) is 2. The molecule has 8 nitrogen and oxygen atoms in total. The molecule has 3 amide bonds. The Balaban J connectivity index is 2.01. The second-order valence-electron chi connectivity index (χ2n) is 7.65. The molecular weight excluding hydrogens is 408 g/mol. The van der Waals surface area contributed by atoms with Crippen molar-refractivity contribution in [1.82, 2.24) is 15.1 Å². The molecule has 0 bridgehead atoms. The standard InChI is InChI=1S/C24H28N4O4/c1-5-17(15-11-8-7-9-12-15)25-19-20(24(32)28(6-2)23(19)31)26-18-14-10-13-16(21(18)29)22(30)27(3)4/h7-14,17,25-26,29H,5-6H2,1-4H3/t17-/m1/s1. The van der Waals surface area contributed by atoms with Crippen LogP contribution in [-0.4, -0.2) is 53.3 Å². The molecule has 2 aromatic carbocycles. The van der Waals surface area contributed by atoms with Crippen LogP contribution in [0.25, 0.3) is 0 Å². The van der Waals surface area contributed by atoms with Gasteiger partial charge in [0.05, 0.1) is 17.3 Å². The molecule has 1 heterocycles. The van der Waals surface area contributed by atoms with Gasteiger partial charge in [0, 0.05) is 20.6 Å². The Bertz CT molecular complexity index is 1060. The van der Waals surface area contributed by atoms with Gasteiger partial charge in [-0.05, 0) is 31.0 Å². The molecule has 0 aliphatic carbocycles. The molecule has 0 saturated heterocycles. The van der Waals surface area contributed by atoms with Gasteiger partial charge in [-0.2, -0.15) is 0 Å². The number of nitrogens with zero attached hydrogens (tertiary/aromatic N) is 2. The fourth-order valence-electron chi connectivity index (χ4n) is 3.59. The van der Waals surface area contributed by atoms with Crippen LogP contribution >= 0.6 is 0 Å². The van der Waals surface area contributed by atoms with Crippen LogP contribution in [-0.2, 0) is 9.59 Å². The first-order valence-electron chi connectivity index (χ1n) is 10.5. The zero-order valence-corrected chi connectivity index (χ0v) is 18.7. The number of anilines is 1. The van der Waals surface area contributed by atoms with E-state index in [1.165, 1.54) is 11.0 Å². The number of aromatic hydroxyl groups is 1. The topological polar surface area (TPSA) is 102 Å². The van der Waals surface area contributed by atoms with Crippen LogP contribution in [0, 0.1) is 0 Å². The average Bonchev–Trinajstić information content (AvgIpc) is 3.01. The first kappa shape index (κ1) is 22.9. The zero-order valence-electron chi connectivity index (χ0n) is 18.7. The first-order chi connectivity index (χ1) is 15.3. The Hall–Kier alpha value is -3.81. The van der Waals surface area contributed by atoms with Gasteiger partial charge in [-0.25, -0.2) is 0 Å². The quantitative estimate of drug-likeness (QED) is 0.435. The summed E-state index contributed by atoms with van der Waals surface area (Å²) in [5.41, 5.74) is 1.42. The number of rotatable bonds is 8. The number of hydrogen-bond donors (Lipinski definition) is 3. The highest BCUT2D eigenvalue weighted by Gasteiger charge is 2.39. The number of benzene rings is 2. The molecule has 3 rings (SSSR count). The molecule has 0 fully saturated rings. The van der Waals surface area contributed by atoms with Crippen LogP contribution in [0.4, 0.5) is 5.69 Å². The summed E-state index contributed by atoms with van der Waals surface area (Å²) in [6.45, 7) is 3.92. The van der Waals surface area contributed by atoms with Crippen molar-refractivity contribution in [3.05, 3.63) is 71.1 Å². The number of phenols is 1. The third kappa shape index (κ3) is 4.30. The van der Waals surface area contributed by atoms with Crippen molar-refractivity contribution in [3.8, 4) is 5.75 Å². The molecule has 0 spiro atoms. The molecule has 1 atom stereocenters. The number of phenolic OH excluding ortho intramolecular Hbond substituents is 1. The number of hydrogen-bond acceptors (Lipinski definition) is 6. The summed E-state index contributed by atoms with van der Waals surface area (Å²) in [6, 6.07) is 14.1. The Morgan fingerprint density at radius 1 is 1.00 bits per heavy atom. The molecule has 168 valence electrons. The lowest BCUT2D eigenvalue weighted by Crippen LogP contribution is -2.34. The highest BCUT2D eigenvalue weighted by molar-refractivity contribution is 6.20. The minimum Gasteiger partial charge on any atom is -0.505 e. The summed E-state index contributed by atoms with van der Waals surface area (Å²) < 4.78 is 0. The van der Waals surface area contributed by atoms with E-state index in [4.69, 9.17) is 0 Å². The SMILES string of the molecule is CC[C@@H](NC1=C(Nc2cccc(C(=O)N(C)C)c2O)C(=O)N(CC)C1=O)c1ccccc1. The maximum absolute atomic E-state index is 13.0. The Morgan fingerprint density at radius 3 is 2.25 bits per heavy atom. The van der Waals surface area contributed by atoms with Gasteiger partial charge in [0.1, 0.15) is 11.4 Å². The van der Waals surface area contributed by atoms with Gasteiger partial charge in [-0.1, -0.05) is 43.3 Å². The smallest absolute Gasteiger partial charge is 0.279 e. The third-order valence-electron chi connectivity index (χ3n) is 5.35. The van der Waals surface area contributed by atoms with Crippen LogP contribution in [0.3, 0.4) is 0 Å². The van der Waals surface area contributed by atoms with Crippen molar-refractivity contribution in [3.63, 3.8) is 0 Å². The van der Waals surface area contributed by atoms with E-state index >= 15 is 0 Å². The van der Waals surface area contributed by atoms with Gasteiger partial charge >= 0.3 is 0 Å². The van der Waals surface area contributed by atoms with E-state index in [1.54, 1.807) is 33.2 Å². The molecule has 32 heavy (non-hydrogen) atoms. The van der Waals surface area contributed by atoms with Gasteiger partial charge in [-0.3, -0.25) is 19.3 Å². The predicted octanol–water partition coefficient (Wildman–Crippen LogP) is 2.85. The summed E-state index contributed by atoms with van der Waals surface area (Å²) in [5, 5.41) is 16.8. The van der Waals surface area contributed by atoms with E-state index in [0.29, 0.717) is 6.42 Å². The molecule has 1 aliphatic heterocycles. The van der Waals surface area contributed by atoms with Crippen molar-refractivity contribution in [2.75, 3.05) is 26.0 Å². The number of para-hydroxylation sites is 1. The first-order valence-corrected chi connectivity index (χ1v) is 10.5. The second kappa shape index (κ2) is 9.55. The van der Waals surface area contributed by atoms with Gasteiger partial charge in [0.25, 0.3) is 17.7 Å². The normalized spacial score (nSPS) is 14.6. The van der Waals surface area contributed by atoms with E-state index in [0.717, 1.165) is 10.5 Å². The Morgan fingerprint density at radius 2 is 1.66 bits per heavy atom. The number of imide groups is 1. The van der Waals surface area contributed by atoms with E-state index in [-0.39, 0.29) is 46.9 Å². The Labute approximate surface area is 187 Å². The molecule has 0 unspecified atom stereocenters. The second-order valence-corrected chi connectivity index (χ2v) is 7.65. The average molecular weight is 437 g/mol. The van der Waals surface area contributed by atoms with Crippen LogP contribution in [0.1, 0.15) is 42.2 Å². The third-order valence-corrected chi connectivity index (χ3v) is 5.35. The predicted molar refractivity (Wildman–Crippen MR) is 122 cm³/mol. The summed E-state index contributed by atoms with van der Waals surface area (Å²) in [6.07, 6.45) is 0.687. The van der Waals surface area contributed by atoms with E-state index in [1.807, 2.05) is 37.3 Å². The molecule has 2 aromatic rings. The van der Waals surface area contributed by atoms with Crippen LogP contribution in [0.15, 0.2) is 59.9 Å². The zero-order chi connectivity index (χ0) is 23.4. The van der Waals surface area contributed by atoms with Gasteiger partial charge < -0.3 is 20.6 Å². The Kier molecular flexibility index (Phi) is 6.82. The van der Waals surface area contributed by atoms with Crippen LogP contribution < -0.4 is 10.6 Å². The monoisotopic (exact) mass is 436 g/mol. The van der Waals surface area contributed by atoms with Gasteiger partial charge in [-0.15, -0.1) is 0 Å². The lowest BCUT2D eigenvalue weighted by Gasteiger charge is -2.20. The lowest BCUT2D eigenvalue weighted by atomic mass is 10.0. The fraction of sp³-hybridized carbons (Fsp3) is 0.292. The summed E-state index contributed by atoms with van der Waals surface area (Å²) in [4.78, 5) is 40.8. The summed E-state index contributed by atoms with van der Waals surface area (Å²) in [5.74, 6) is -1.60. The van der Waals surface area contributed by atoms with E-state index in [9.17, 15) is 19.5 Å². The van der Waals surface area contributed by atoms with Crippen molar-refractivity contribution < 1.29 is 19.5 Å². The van der Waals surface area contributed by atoms with E-state index < -0.39 is 11.8 Å². The molecule has 3 N–H and O–H groups in total. The number of carbonyl (C=O) groups is 3. The van der Waals surface area contributed by atoms with Gasteiger partial charge in [0.15, 0.2) is 5.75 Å². The molecular formula is C24H28N4O4. The van der Waals surface area contributed by atoms with Crippen molar-refractivity contribution >= 4 is 23.4 Å². The maximum atomic E-state index is 13.0. The fourth-order valence-corrected chi connectivity index (χ4v) is 3.59. The minimum atomic E-state index is -0.494. The molecule has 0 saturated carbocycles. The molecule has 1 aliphatic rings. The summed E-state index contributed by atoms with van der Waals surface area (Å²) >= 11 is 0. The largest absolute Gasteiger partial charge is 0.505 e.